The van der Waals surface area contributed by atoms with E-state index in [1.807, 2.05) is 0 Å². The van der Waals surface area contributed by atoms with Gasteiger partial charge >= 0.3 is 6.09 Å². The molecule has 0 bridgehead atoms. The zero-order chi connectivity index (χ0) is 14.5. The maximum Gasteiger partial charge on any atom is 0.412 e. The van der Waals surface area contributed by atoms with Crippen molar-refractivity contribution in [1.29, 1.82) is 0 Å². The van der Waals surface area contributed by atoms with Crippen LogP contribution in [0.5, 0.6) is 0 Å². The summed E-state index contributed by atoms with van der Waals surface area (Å²) >= 11 is 20.6. The van der Waals surface area contributed by atoms with E-state index in [0.717, 1.165) is 0 Å². The Labute approximate surface area is 133 Å². The molecule has 0 spiro atoms. The molecule has 0 aliphatic heterocycles. The molecule has 0 saturated heterocycles. The number of hydrogen-bond acceptors (Lipinski definition) is 2. The average molecular weight is 357 g/mol. The molecular weight excluding hydrogens is 348 g/mol. The Morgan fingerprint density at radius 3 is 2.63 bits per heavy atom. The van der Waals surface area contributed by atoms with E-state index < -0.39 is 6.09 Å². The summed E-state index contributed by atoms with van der Waals surface area (Å²) in [6.45, 7) is 0.0130. The first-order valence-electron chi connectivity index (χ1n) is 4.81. The molecule has 0 aliphatic rings. The molecule has 0 unspecified atom stereocenters. The molecule has 1 N–H and O–H groups in total. The van der Waals surface area contributed by atoms with Gasteiger partial charge in [-0.05, 0) is 18.2 Å². The van der Waals surface area contributed by atoms with Crippen LogP contribution < -0.4 is 5.32 Å². The van der Waals surface area contributed by atoms with Gasteiger partial charge in [0.25, 0.3) is 8.14 Å². The van der Waals surface area contributed by atoms with Gasteiger partial charge in [-0.15, -0.1) is 33.8 Å². The topological polar surface area (TPSA) is 38.3 Å². The summed E-state index contributed by atoms with van der Waals surface area (Å²) < 4.78 is 4.76. The van der Waals surface area contributed by atoms with Gasteiger partial charge < -0.3 is 4.74 Å². The third-order valence-corrected chi connectivity index (χ3v) is 1.91. The van der Waals surface area contributed by atoms with Crippen molar-refractivity contribution >= 4 is 65.3 Å². The summed E-state index contributed by atoms with van der Waals surface area (Å²) in [7, 11) is 0.0278. The zero-order valence-electron chi connectivity index (χ0n) is 9.55. The van der Waals surface area contributed by atoms with Crippen molar-refractivity contribution in [3.8, 4) is 11.8 Å². The molecule has 1 rings (SSSR count). The van der Waals surface area contributed by atoms with Gasteiger partial charge in [-0.2, -0.15) is 0 Å². The molecule has 1 amide bonds. The summed E-state index contributed by atoms with van der Waals surface area (Å²) in [5.74, 6) is 5.36. The Balaban J connectivity index is 0.000000982. The first-order valence-corrected chi connectivity index (χ1v) is 8.75. The van der Waals surface area contributed by atoms with Gasteiger partial charge in [-0.1, -0.05) is 29.5 Å². The number of nitrogens with one attached hydrogen (secondary N) is 1. The van der Waals surface area contributed by atoms with Crippen LogP contribution in [0.4, 0.5) is 10.5 Å². The quantitative estimate of drug-likeness (QED) is 0.374. The Kier molecular flexibility index (Phi) is 12.1. The summed E-state index contributed by atoms with van der Waals surface area (Å²) in [5.41, 5.74) is 0.572. The van der Waals surface area contributed by atoms with Crippen LogP contribution in [0.15, 0.2) is 24.3 Å². The molecular formula is C11H9Cl4NO2Si. The predicted molar refractivity (Wildman–Crippen MR) is 82.4 cm³/mol. The van der Waals surface area contributed by atoms with Crippen LogP contribution in [0.25, 0.3) is 0 Å². The fraction of sp³-hybridized carbons (Fsp3) is 0.182. The smallest absolute Gasteiger partial charge is 0.412 e. The molecule has 0 aliphatic carbocycles. The van der Waals surface area contributed by atoms with Crippen molar-refractivity contribution in [2.24, 2.45) is 0 Å². The van der Waals surface area contributed by atoms with E-state index in [2.05, 4.69) is 17.2 Å². The maximum atomic E-state index is 11.2. The minimum Gasteiger partial charge on any atom is -0.436 e. The largest absolute Gasteiger partial charge is 0.436 e. The lowest BCUT2D eigenvalue weighted by molar-refractivity contribution is 0.176. The minimum atomic E-state index is -0.578. The minimum absolute atomic E-state index is 0.0130. The van der Waals surface area contributed by atoms with Gasteiger partial charge in [0.05, 0.1) is 5.88 Å². The van der Waals surface area contributed by atoms with E-state index in [1.54, 1.807) is 24.3 Å². The lowest BCUT2D eigenvalue weighted by atomic mass is 10.3. The van der Waals surface area contributed by atoms with Crippen molar-refractivity contribution < 1.29 is 9.53 Å². The third kappa shape index (κ3) is 11.0. The highest BCUT2D eigenvalue weighted by Gasteiger charge is 2.01. The maximum absolute atomic E-state index is 11.2. The lowest BCUT2D eigenvalue weighted by Crippen LogP contribution is -2.13. The highest BCUT2D eigenvalue weighted by atomic mass is 35.7. The highest BCUT2D eigenvalue weighted by molar-refractivity contribution is 7.22. The molecule has 0 saturated carbocycles. The molecule has 0 heterocycles. The summed E-state index contributed by atoms with van der Waals surface area (Å²) in [4.78, 5) is 11.2. The van der Waals surface area contributed by atoms with E-state index >= 15 is 0 Å². The molecule has 0 fully saturated rings. The molecule has 2 radical (unpaired) electrons. The first kappa shape index (κ1) is 18.4. The molecule has 0 aromatic heterocycles. The Morgan fingerprint density at radius 1 is 1.37 bits per heavy atom. The molecule has 1 aromatic rings. The molecule has 102 valence electrons. The van der Waals surface area contributed by atoms with Crippen molar-refractivity contribution in [3.63, 3.8) is 0 Å². The number of halogens is 4. The van der Waals surface area contributed by atoms with Gasteiger partial charge in [0.1, 0.15) is 0 Å². The number of hydrogen-bond donors (Lipinski definition) is 1. The third-order valence-electron chi connectivity index (χ3n) is 1.54. The molecule has 8 heteroatoms. The van der Waals surface area contributed by atoms with E-state index in [-0.39, 0.29) is 20.6 Å². The zero-order valence-corrected chi connectivity index (χ0v) is 13.6. The molecule has 0 atom stereocenters. The number of carbonyl (C=O) groups excluding carboxylic acids is 1. The number of amides is 1. The molecule has 3 nitrogen and oxygen atoms in total. The van der Waals surface area contributed by atoms with Gasteiger partial charge in [0, 0.05) is 10.7 Å². The standard InChI is InChI=1S/C11H9Cl2NO2.Cl2Si/c12-6-1-2-7-16-11(15)14-10-5-3-4-9(13)8-10;1-3-2/h3-5,8H,6-7H2,(H,14,15);. The van der Waals surface area contributed by atoms with Crippen LogP contribution >= 0.6 is 45.4 Å². The predicted octanol–water partition coefficient (Wildman–Crippen LogP) is 4.13. The van der Waals surface area contributed by atoms with Crippen molar-refractivity contribution in [2.75, 3.05) is 17.8 Å². The number of carbonyl (C=O) groups is 1. The summed E-state index contributed by atoms with van der Waals surface area (Å²) in [6.07, 6.45) is -0.578. The Morgan fingerprint density at radius 2 is 2.05 bits per heavy atom. The Hall–Kier alpha value is -0.573. The fourth-order valence-corrected chi connectivity index (χ4v) is 1.20. The number of ether oxygens (including phenoxy) is 1. The monoisotopic (exact) mass is 355 g/mol. The van der Waals surface area contributed by atoms with Gasteiger partial charge in [0.2, 0.25) is 0 Å². The number of rotatable bonds is 2. The number of benzene rings is 1. The SMILES string of the molecule is Cl[Si]Cl.O=C(Nc1cccc(Cl)c1)OCC#CCCl. The van der Waals surface area contributed by atoms with E-state index in [0.29, 0.717) is 10.7 Å². The second kappa shape index (κ2) is 12.5. The number of alkyl halides is 1. The van der Waals surface area contributed by atoms with Crippen molar-refractivity contribution in [1.82, 2.24) is 0 Å². The summed E-state index contributed by atoms with van der Waals surface area (Å²) in [5, 5.41) is 3.05. The van der Waals surface area contributed by atoms with Crippen LogP contribution in [0.1, 0.15) is 0 Å². The first-order chi connectivity index (χ1) is 9.13. The van der Waals surface area contributed by atoms with Gasteiger partial charge in [-0.25, -0.2) is 4.79 Å². The number of anilines is 1. The summed E-state index contributed by atoms with van der Waals surface area (Å²) in [6, 6.07) is 6.76. The highest BCUT2D eigenvalue weighted by Crippen LogP contribution is 2.14. The Bertz CT molecular complexity index is 448. The normalized spacial score (nSPS) is 8.42. The molecule has 19 heavy (non-hydrogen) atoms. The second-order valence-corrected chi connectivity index (χ2v) is 5.33. The van der Waals surface area contributed by atoms with E-state index in [4.69, 9.17) is 50.1 Å². The van der Waals surface area contributed by atoms with Gasteiger partial charge in [-0.3, -0.25) is 5.32 Å². The fourth-order valence-electron chi connectivity index (χ4n) is 0.920. The second-order valence-electron chi connectivity index (χ2n) is 2.77. The van der Waals surface area contributed by atoms with Crippen LogP contribution in [-0.4, -0.2) is 26.7 Å². The van der Waals surface area contributed by atoms with Crippen molar-refractivity contribution in [2.45, 2.75) is 0 Å². The van der Waals surface area contributed by atoms with Gasteiger partial charge in [0.15, 0.2) is 6.61 Å². The van der Waals surface area contributed by atoms with E-state index in [9.17, 15) is 4.79 Å². The van der Waals surface area contributed by atoms with Crippen LogP contribution in [0, 0.1) is 11.8 Å². The van der Waals surface area contributed by atoms with Crippen molar-refractivity contribution in [3.05, 3.63) is 29.3 Å². The van der Waals surface area contributed by atoms with Crippen LogP contribution in [0.3, 0.4) is 0 Å². The van der Waals surface area contributed by atoms with Crippen LogP contribution in [-0.2, 0) is 4.74 Å². The average Bonchev–Trinajstić information content (AvgIpc) is 2.36. The van der Waals surface area contributed by atoms with Crippen LogP contribution in [0.2, 0.25) is 5.02 Å². The molecule has 1 aromatic carbocycles. The van der Waals surface area contributed by atoms with E-state index in [1.165, 1.54) is 0 Å². The lowest BCUT2D eigenvalue weighted by Gasteiger charge is -2.04.